The van der Waals surface area contributed by atoms with Crippen LogP contribution >= 0.6 is 0 Å². The SMILES string of the molecule is N#Cc1ccnc(N2CCN(S(=O)(=O)c3ccc(F)cc3)CC2)c1. The van der Waals surface area contributed by atoms with Crippen LogP contribution in [0.3, 0.4) is 0 Å². The molecule has 0 spiro atoms. The lowest BCUT2D eigenvalue weighted by atomic mass is 10.2. The molecule has 124 valence electrons. The van der Waals surface area contributed by atoms with Crippen molar-refractivity contribution in [3.05, 3.63) is 54.0 Å². The van der Waals surface area contributed by atoms with Crippen LogP contribution in [-0.4, -0.2) is 43.9 Å². The molecule has 0 unspecified atom stereocenters. The molecule has 1 saturated heterocycles. The smallest absolute Gasteiger partial charge is 0.243 e. The molecule has 8 heteroatoms. The van der Waals surface area contributed by atoms with Gasteiger partial charge < -0.3 is 4.90 Å². The van der Waals surface area contributed by atoms with E-state index < -0.39 is 15.8 Å². The van der Waals surface area contributed by atoms with E-state index in [1.54, 1.807) is 18.3 Å². The van der Waals surface area contributed by atoms with Crippen molar-refractivity contribution in [2.24, 2.45) is 0 Å². The predicted molar refractivity (Wildman–Crippen MR) is 86.3 cm³/mol. The van der Waals surface area contributed by atoms with Crippen LogP contribution in [0, 0.1) is 17.1 Å². The summed E-state index contributed by atoms with van der Waals surface area (Å²) in [5.74, 6) is 0.190. The van der Waals surface area contributed by atoms with E-state index in [1.807, 2.05) is 4.90 Å². The van der Waals surface area contributed by atoms with Crippen LogP contribution in [-0.2, 0) is 10.0 Å². The van der Waals surface area contributed by atoms with Gasteiger partial charge in [-0.05, 0) is 36.4 Å². The standard InChI is InChI=1S/C16H15FN4O2S/c17-14-1-3-15(4-2-14)24(22,23)21-9-7-20(8-10-21)16-11-13(12-18)5-6-19-16/h1-6,11H,7-10H2. The lowest BCUT2D eigenvalue weighted by Crippen LogP contribution is -2.48. The summed E-state index contributed by atoms with van der Waals surface area (Å²) in [5, 5.41) is 8.94. The fraction of sp³-hybridized carbons (Fsp3) is 0.250. The summed E-state index contributed by atoms with van der Waals surface area (Å²) in [5.41, 5.74) is 0.515. The first-order chi connectivity index (χ1) is 11.5. The zero-order valence-electron chi connectivity index (χ0n) is 12.8. The minimum absolute atomic E-state index is 0.0851. The van der Waals surface area contributed by atoms with E-state index in [2.05, 4.69) is 11.1 Å². The van der Waals surface area contributed by atoms with Crippen molar-refractivity contribution in [1.82, 2.24) is 9.29 Å². The molecule has 1 aliphatic heterocycles. The zero-order valence-corrected chi connectivity index (χ0v) is 13.6. The van der Waals surface area contributed by atoms with Crippen molar-refractivity contribution in [3.8, 4) is 6.07 Å². The number of halogens is 1. The molecule has 0 N–H and O–H groups in total. The van der Waals surface area contributed by atoms with Crippen molar-refractivity contribution >= 4 is 15.8 Å². The highest BCUT2D eigenvalue weighted by Gasteiger charge is 2.28. The molecular weight excluding hydrogens is 331 g/mol. The quantitative estimate of drug-likeness (QED) is 0.844. The molecule has 1 aliphatic rings. The molecule has 2 heterocycles. The van der Waals surface area contributed by atoms with Gasteiger partial charge in [0.15, 0.2) is 0 Å². The summed E-state index contributed by atoms with van der Waals surface area (Å²) in [7, 11) is -3.63. The minimum Gasteiger partial charge on any atom is -0.354 e. The van der Waals surface area contributed by atoms with Crippen LogP contribution < -0.4 is 4.90 Å². The van der Waals surface area contributed by atoms with Crippen molar-refractivity contribution in [1.29, 1.82) is 5.26 Å². The number of piperazine rings is 1. The van der Waals surface area contributed by atoms with Gasteiger partial charge in [-0.2, -0.15) is 9.57 Å². The number of aromatic nitrogens is 1. The summed E-state index contributed by atoms with van der Waals surface area (Å²) in [6, 6.07) is 10.2. The zero-order chi connectivity index (χ0) is 17.2. The molecule has 0 bridgehead atoms. The Bertz CT molecular complexity index is 870. The number of pyridine rings is 1. The van der Waals surface area contributed by atoms with Gasteiger partial charge in [0.1, 0.15) is 11.6 Å². The Morgan fingerprint density at radius 3 is 2.38 bits per heavy atom. The number of benzene rings is 1. The summed E-state index contributed by atoms with van der Waals surface area (Å²) >= 11 is 0. The third kappa shape index (κ3) is 3.22. The summed E-state index contributed by atoms with van der Waals surface area (Å²) in [6.07, 6.45) is 1.56. The van der Waals surface area contributed by atoms with E-state index in [0.29, 0.717) is 37.6 Å². The van der Waals surface area contributed by atoms with Crippen LogP contribution in [0.25, 0.3) is 0 Å². The first kappa shape index (κ1) is 16.4. The molecule has 0 atom stereocenters. The fourth-order valence-electron chi connectivity index (χ4n) is 2.57. The van der Waals surface area contributed by atoms with Crippen LogP contribution in [0.5, 0.6) is 0 Å². The Labute approximate surface area is 139 Å². The lowest BCUT2D eigenvalue weighted by Gasteiger charge is -2.34. The Hall–Kier alpha value is -2.50. The van der Waals surface area contributed by atoms with Crippen molar-refractivity contribution in [2.75, 3.05) is 31.1 Å². The molecule has 0 saturated carbocycles. The van der Waals surface area contributed by atoms with Crippen LogP contribution in [0.4, 0.5) is 10.2 Å². The van der Waals surface area contributed by atoms with E-state index in [9.17, 15) is 12.8 Å². The number of rotatable bonds is 3. The van der Waals surface area contributed by atoms with Crippen LogP contribution in [0.1, 0.15) is 5.56 Å². The van der Waals surface area contributed by atoms with Gasteiger partial charge >= 0.3 is 0 Å². The lowest BCUT2D eigenvalue weighted by molar-refractivity contribution is 0.384. The molecule has 2 aromatic rings. The molecule has 1 fully saturated rings. The molecule has 1 aromatic carbocycles. The average Bonchev–Trinajstić information content (AvgIpc) is 2.62. The molecule has 0 amide bonds. The molecule has 24 heavy (non-hydrogen) atoms. The van der Waals surface area contributed by atoms with Gasteiger partial charge in [0.25, 0.3) is 0 Å². The van der Waals surface area contributed by atoms with E-state index in [-0.39, 0.29) is 4.90 Å². The van der Waals surface area contributed by atoms with Gasteiger partial charge in [-0.3, -0.25) is 0 Å². The minimum atomic E-state index is -3.63. The number of hydrogen-bond acceptors (Lipinski definition) is 5. The second-order valence-electron chi connectivity index (χ2n) is 5.36. The summed E-state index contributed by atoms with van der Waals surface area (Å²) < 4.78 is 39.5. The van der Waals surface area contributed by atoms with Gasteiger partial charge in [-0.25, -0.2) is 17.8 Å². The predicted octanol–water partition coefficient (Wildman–Crippen LogP) is 1.60. The molecule has 3 rings (SSSR count). The van der Waals surface area contributed by atoms with E-state index in [1.165, 1.54) is 16.4 Å². The second kappa shape index (κ2) is 6.55. The monoisotopic (exact) mass is 346 g/mol. The largest absolute Gasteiger partial charge is 0.354 e. The van der Waals surface area contributed by atoms with Crippen molar-refractivity contribution in [3.63, 3.8) is 0 Å². The van der Waals surface area contributed by atoms with Crippen molar-refractivity contribution < 1.29 is 12.8 Å². The maximum atomic E-state index is 13.0. The Morgan fingerprint density at radius 1 is 1.08 bits per heavy atom. The van der Waals surface area contributed by atoms with E-state index in [4.69, 9.17) is 5.26 Å². The highest BCUT2D eigenvalue weighted by atomic mass is 32.2. The number of nitriles is 1. The van der Waals surface area contributed by atoms with Gasteiger partial charge in [0.05, 0.1) is 16.5 Å². The molecule has 6 nitrogen and oxygen atoms in total. The molecule has 0 aliphatic carbocycles. The number of anilines is 1. The van der Waals surface area contributed by atoms with E-state index in [0.717, 1.165) is 12.1 Å². The normalized spacial score (nSPS) is 15.9. The maximum absolute atomic E-state index is 13.0. The topological polar surface area (TPSA) is 77.3 Å². The summed E-state index contributed by atoms with van der Waals surface area (Å²) in [4.78, 5) is 6.26. The van der Waals surface area contributed by atoms with E-state index >= 15 is 0 Å². The fourth-order valence-corrected chi connectivity index (χ4v) is 4.00. The Morgan fingerprint density at radius 2 is 1.75 bits per heavy atom. The van der Waals surface area contributed by atoms with Gasteiger partial charge in [-0.15, -0.1) is 0 Å². The number of nitrogens with zero attached hydrogens (tertiary/aromatic N) is 4. The Kier molecular flexibility index (Phi) is 4.46. The number of hydrogen-bond donors (Lipinski definition) is 0. The second-order valence-corrected chi connectivity index (χ2v) is 7.30. The first-order valence-corrected chi connectivity index (χ1v) is 8.81. The Balaban J connectivity index is 1.72. The average molecular weight is 346 g/mol. The maximum Gasteiger partial charge on any atom is 0.243 e. The van der Waals surface area contributed by atoms with Crippen LogP contribution in [0.2, 0.25) is 0 Å². The van der Waals surface area contributed by atoms with Crippen LogP contribution in [0.15, 0.2) is 47.5 Å². The molecule has 1 aromatic heterocycles. The number of sulfonamides is 1. The molecular formula is C16H15FN4O2S. The third-order valence-electron chi connectivity index (χ3n) is 3.89. The molecule has 0 radical (unpaired) electrons. The highest BCUT2D eigenvalue weighted by Crippen LogP contribution is 2.20. The van der Waals surface area contributed by atoms with Gasteiger partial charge in [-0.1, -0.05) is 0 Å². The van der Waals surface area contributed by atoms with Gasteiger partial charge in [0.2, 0.25) is 10.0 Å². The van der Waals surface area contributed by atoms with Gasteiger partial charge in [0, 0.05) is 32.4 Å². The first-order valence-electron chi connectivity index (χ1n) is 7.37. The summed E-state index contributed by atoms with van der Waals surface area (Å²) in [6.45, 7) is 1.56. The third-order valence-corrected chi connectivity index (χ3v) is 5.80. The van der Waals surface area contributed by atoms with Crippen molar-refractivity contribution in [2.45, 2.75) is 4.90 Å². The highest BCUT2D eigenvalue weighted by molar-refractivity contribution is 7.89.